The van der Waals surface area contributed by atoms with Gasteiger partial charge in [-0.3, -0.25) is 10.5 Å². The molecule has 0 radical (unpaired) electrons. The number of piperidine rings is 1. The smallest absolute Gasteiger partial charge is 0.160 e. The molecule has 0 aliphatic carbocycles. The first kappa shape index (κ1) is 12.9. The summed E-state index contributed by atoms with van der Waals surface area (Å²) in [6, 6.07) is 0.487. The number of hydrogen-bond donors (Lipinski definition) is 4. The minimum absolute atomic E-state index is 0.0837. The third-order valence-corrected chi connectivity index (χ3v) is 4.60. The van der Waals surface area contributed by atoms with Crippen molar-refractivity contribution < 1.29 is 0 Å². The fourth-order valence-corrected chi connectivity index (χ4v) is 3.43. The first-order chi connectivity index (χ1) is 10.3. The molecule has 0 spiro atoms. The number of anilines is 1. The van der Waals surface area contributed by atoms with E-state index in [1.54, 1.807) is 12.5 Å². The van der Waals surface area contributed by atoms with Crippen molar-refractivity contribution in [2.45, 2.75) is 31.5 Å². The highest BCUT2D eigenvalue weighted by molar-refractivity contribution is 5.86. The van der Waals surface area contributed by atoms with E-state index in [1.807, 2.05) is 0 Å². The maximum atomic E-state index is 5.89. The van der Waals surface area contributed by atoms with Gasteiger partial charge in [-0.05, 0) is 25.2 Å². The summed E-state index contributed by atoms with van der Waals surface area (Å²) in [6.07, 6.45) is 6.79. The highest BCUT2D eigenvalue weighted by atomic mass is 15.4. The van der Waals surface area contributed by atoms with Gasteiger partial charge in [-0.25, -0.2) is 15.4 Å². The van der Waals surface area contributed by atoms with Crippen LogP contribution in [0.5, 0.6) is 0 Å². The number of fused-ring (bicyclic) bond motifs is 1. The zero-order valence-electron chi connectivity index (χ0n) is 11.8. The van der Waals surface area contributed by atoms with Crippen LogP contribution in [0, 0.1) is 5.92 Å². The summed E-state index contributed by atoms with van der Waals surface area (Å²) in [5.41, 5.74) is 13.1. The number of hydrogen-bond acceptors (Lipinski definition) is 7. The molecule has 2 saturated heterocycles. The summed E-state index contributed by atoms with van der Waals surface area (Å²) in [6.45, 7) is 2.02. The predicted molar refractivity (Wildman–Crippen MR) is 79.3 cm³/mol. The Morgan fingerprint density at radius 1 is 1.19 bits per heavy atom. The van der Waals surface area contributed by atoms with Crippen LogP contribution in [0.2, 0.25) is 0 Å². The minimum atomic E-state index is 0.0837. The van der Waals surface area contributed by atoms with Crippen molar-refractivity contribution >= 4 is 16.9 Å². The molecule has 0 saturated carbocycles. The molecule has 5 N–H and O–H groups in total. The highest BCUT2D eigenvalue weighted by Crippen LogP contribution is 2.29. The third-order valence-electron chi connectivity index (χ3n) is 4.60. The fraction of sp³-hybridized carbons (Fsp3) is 0.615. The highest BCUT2D eigenvalue weighted by Gasteiger charge is 2.31. The van der Waals surface area contributed by atoms with E-state index in [-0.39, 0.29) is 6.17 Å². The number of rotatable bonds is 2. The van der Waals surface area contributed by atoms with Crippen molar-refractivity contribution in [2.24, 2.45) is 11.7 Å². The topological polar surface area (TPSA) is 108 Å². The van der Waals surface area contributed by atoms with E-state index in [1.165, 1.54) is 0 Å². The van der Waals surface area contributed by atoms with Crippen molar-refractivity contribution in [3.05, 3.63) is 12.5 Å². The first-order valence-electron chi connectivity index (χ1n) is 7.47. The van der Waals surface area contributed by atoms with Gasteiger partial charge in [-0.2, -0.15) is 5.10 Å². The van der Waals surface area contributed by atoms with Crippen LogP contribution in [0.25, 0.3) is 11.0 Å². The molecular weight excluding hydrogens is 268 g/mol. The second-order valence-electron chi connectivity index (χ2n) is 5.89. The van der Waals surface area contributed by atoms with E-state index >= 15 is 0 Å². The molecule has 4 heterocycles. The first-order valence-corrected chi connectivity index (χ1v) is 7.47. The van der Waals surface area contributed by atoms with Crippen LogP contribution < -0.4 is 21.5 Å². The van der Waals surface area contributed by atoms with Crippen LogP contribution in [0.15, 0.2) is 12.5 Å². The van der Waals surface area contributed by atoms with Crippen molar-refractivity contribution in [2.75, 3.05) is 18.0 Å². The van der Waals surface area contributed by atoms with Gasteiger partial charge in [0.05, 0.1) is 17.7 Å². The molecule has 2 fully saturated rings. The summed E-state index contributed by atoms with van der Waals surface area (Å²) >= 11 is 0. The monoisotopic (exact) mass is 288 g/mol. The minimum Gasteiger partial charge on any atom is -0.356 e. The lowest BCUT2D eigenvalue weighted by atomic mass is 9.88. The van der Waals surface area contributed by atoms with Crippen molar-refractivity contribution in [3.8, 4) is 0 Å². The number of nitrogens with zero attached hydrogens (tertiary/aromatic N) is 4. The largest absolute Gasteiger partial charge is 0.356 e. The molecule has 2 atom stereocenters. The third kappa shape index (κ3) is 2.35. The Morgan fingerprint density at radius 2 is 2.05 bits per heavy atom. The molecule has 2 unspecified atom stereocenters. The zero-order valence-corrected chi connectivity index (χ0v) is 11.8. The number of hydrazine groups is 1. The zero-order chi connectivity index (χ0) is 14.2. The van der Waals surface area contributed by atoms with Crippen LogP contribution in [0.4, 0.5) is 5.82 Å². The summed E-state index contributed by atoms with van der Waals surface area (Å²) in [4.78, 5) is 11.0. The molecule has 2 aromatic rings. The van der Waals surface area contributed by atoms with E-state index in [4.69, 9.17) is 5.73 Å². The maximum Gasteiger partial charge on any atom is 0.160 e. The molecule has 2 aliphatic heterocycles. The second kappa shape index (κ2) is 5.21. The lowest BCUT2D eigenvalue weighted by Crippen LogP contribution is -2.43. The Kier molecular flexibility index (Phi) is 3.21. The Bertz CT molecular complexity index is 617. The van der Waals surface area contributed by atoms with Crippen LogP contribution in [-0.4, -0.2) is 45.5 Å². The summed E-state index contributed by atoms with van der Waals surface area (Å²) in [5, 5.41) is 7.95. The van der Waals surface area contributed by atoms with E-state index in [0.29, 0.717) is 12.0 Å². The Morgan fingerprint density at radius 3 is 2.81 bits per heavy atom. The summed E-state index contributed by atoms with van der Waals surface area (Å²) in [5.74, 6) is 1.66. The molecule has 0 aromatic carbocycles. The Hall–Kier alpha value is -1.77. The van der Waals surface area contributed by atoms with Gasteiger partial charge < -0.3 is 10.6 Å². The molecule has 8 nitrogen and oxygen atoms in total. The molecule has 0 amide bonds. The van der Waals surface area contributed by atoms with Gasteiger partial charge in [0, 0.05) is 19.1 Å². The normalized spacial score (nSPS) is 27.6. The Labute approximate surface area is 122 Å². The average Bonchev–Trinajstić information content (AvgIpc) is 3.15. The SMILES string of the molecule is NC1CC(C2CCN(c3ncnc4[nH]ncc34)CC2)NN1. The van der Waals surface area contributed by atoms with Gasteiger partial charge in [0.1, 0.15) is 12.1 Å². The molecule has 4 rings (SSSR count). The summed E-state index contributed by atoms with van der Waals surface area (Å²) < 4.78 is 0. The molecule has 0 bridgehead atoms. The quantitative estimate of drug-likeness (QED) is 0.602. The van der Waals surface area contributed by atoms with Crippen LogP contribution >= 0.6 is 0 Å². The van der Waals surface area contributed by atoms with Crippen LogP contribution in [0.1, 0.15) is 19.3 Å². The fourth-order valence-electron chi connectivity index (χ4n) is 3.43. The molecule has 21 heavy (non-hydrogen) atoms. The molecular formula is C13H20N8. The summed E-state index contributed by atoms with van der Waals surface area (Å²) in [7, 11) is 0. The number of nitrogens with one attached hydrogen (secondary N) is 3. The maximum absolute atomic E-state index is 5.89. The second-order valence-corrected chi connectivity index (χ2v) is 5.89. The lowest BCUT2D eigenvalue weighted by molar-refractivity contribution is 0.310. The number of aromatic nitrogens is 4. The van der Waals surface area contributed by atoms with Gasteiger partial charge >= 0.3 is 0 Å². The van der Waals surface area contributed by atoms with Crippen LogP contribution in [-0.2, 0) is 0 Å². The average molecular weight is 288 g/mol. The van der Waals surface area contributed by atoms with Crippen molar-refractivity contribution in [1.82, 2.24) is 31.0 Å². The molecule has 8 heteroatoms. The molecule has 2 aromatic heterocycles. The van der Waals surface area contributed by atoms with Gasteiger partial charge in [0.15, 0.2) is 5.65 Å². The van der Waals surface area contributed by atoms with Gasteiger partial charge in [-0.1, -0.05) is 0 Å². The van der Waals surface area contributed by atoms with Crippen molar-refractivity contribution in [3.63, 3.8) is 0 Å². The number of H-pyrrole nitrogens is 1. The lowest BCUT2D eigenvalue weighted by Gasteiger charge is -2.35. The molecule has 112 valence electrons. The number of aromatic amines is 1. The van der Waals surface area contributed by atoms with Crippen molar-refractivity contribution in [1.29, 1.82) is 0 Å². The predicted octanol–water partition coefficient (Wildman–Crippen LogP) is -0.279. The standard InChI is InChI=1S/C13H20N8/c14-11-5-10(18-19-11)8-1-3-21(4-2-8)13-9-6-17-20-12(9)15-7-16-13/h6-8,10-11,18-19H,1-5,14H2,(H,15,16,17,20). The number of nitrogens with two attached hydrogens (primary N) is 1. The van der Waals surface area contributed by atoms with Gasteiger partial charge in [-0.15, -0.1) is 0 Å². The Balaban J connectivity index is 1.46. The van der Waals surface area contributed by atoms with Gasteiger partial charge in [0.25, 0.3) is 0 Å². The van der Waals surface area contributed by atoms with Gasteiger partial charge in [0.2, 0.25) is 0 Å². The van der Waals surface area contributed by atoms with E-state index in [0.717, 1.165) is 49.2 Å². The molecule has 2 aliphatic rings. The van der Waals surface area contributed by atoms with E-state index in [2.05, 4.69) is 35.9 Å². The van der Waals surface area contributed by atoms with Crippen LogP contribution in [0.3, 0.4) is 0 Å². The van der Waals surface area contributed by atoms with E-state index in [9.17, 15) is 0 Å². The van der Waals surface area contributed by atoms with E-state index < -0.39 is 0 Å².